The normalized spacial score (nSPS) is 13.0. The number of rotatable bonds is 9. The summed E-state index contributed by atoms with van der Waals surface area (Å²) >= 11 is 0. The summed E-state index contributed by atoms with van der Waals surface area (Å²) in [6.45, 7) is 8.21. The molecule has 2 aromatic heterocycles. The zero-order valence-corrected chi connectivity index (χ0v) is 20.5. The number of benzene rings is 1. The van der Waals surface area contributed by atoms with Gasteiger partial charge >= 0.3 is 12.1 Å². The molecule has 9 nitrogen and oxygen atoms in total. The van der Waals surface area contributed by atoms with E-state index in [0.717, 1.165) is 11.8 Å². The molecule has 3 rings (SSSR count). The second-order valence-corrected chi connectivity index (χ2v) is 9.51. The van der Waals surface area contributed by atoms with Crippen molar-refractivity contribution in [2.24, 2.45) is 0 Å². The quantitative estimate of drug-likeness (QED) is 0.402. The third-order valence-corrected chi connectivity index (χ3v) is 5.75. The largest absolute Gasteiger partial charge is 0.480 e. The van der Waals surface area contributed by atoms with Crippen molar-refractivity contribution in [3.8, 4) is 5.69 Å². The Labute approximate surface area is 206 Å². The molecule has 1 unspecified atom stereocenters. The van der Waals surface area contributed by atoms with E-state index in [-0.39, 0.29) is 29.5 Å². The molecule has 12 heteroatoms. The first-order valence-electron chi connectivity index (χ1n) is 11.5. The maximum Gasteiger partial charge on any atom is 0.433 e. The summed E-state index contributed by atoms with van der Waals surface area (Å²) in [6.07, 6.45) is -3.03. The molecule has 1 amide bonds. The number of H-pyrrole nitrogens is 1. The van der Waals surface area contributed by atoms with Crippen molar-refractivity contribution >= 4 is 11.9 Å². The Kier molecular flexibility index (Phi) is 7.85. The van der Waals surface area contributed by atoms with E-state index in [0.29, 0.717) is 24.2 Å². The second kappa shape index (κ2) is 10.5. The molecule has 1 aromatic carbocycles. The van der Waals surface area contributed by atoms with Crippen LogP contribution in [-0.2, 0) is 29.2 Å². The van der Waals surface area contributed by atoms with Crippen LogP contribution < -0.4 is 5.32 Å². The fourth-order valence-corrected chi connectivity index (χ4v) is 3.78. The van der Waals surface area contributed by atoms with Gasteiger partial charge in [0.15, 0.2) is 5.69 Å². The smallest absolute Gasteiger partial charge is 0.433 e. The molecule has 36 heavy (non-hydrogen) atoms. The number of alkyl halides is 3. The first kappa shape index (κ1) is 26.9. The van der Waals surface area contributed by atoms with E-state index < -0.39 is 29.8 Å². The zero-order chi connectivity index (χ0) is 26.7. The number of hydrogen-bond donors (Lipinski definition) is 3. The topological polar surface area (TPSA) is 126 Å². The van der Waals surface area contributed by atoms with Crippen molar-refractivity contribution in [2.75, 3.05) is 0 Å². The van der Waals surface area contributed by atoms with E-state index in [1.807, 2.05) is 36.3 Å². The van der Waals surface area contributed by atoms with Gasteiger partial charge in [-0.1, -0.05) is 51.5 Å². The molecule has 0 radical (unpaired) electrons. The van der Waals surface area contributed by atoms with E-state index in [2.05, 4.69) is 41.5 Å². The van der Waals surface area contributed by atoms with Crippen LogP contribution in [0.1, 0.15) is 73.5 Å². The van der Waals surface area contributed by atoms with Gasteiger partial charge in [-0.3, -0.25) is 9.89 Å². The summed E-state index contributed by atoms with van der Waals surface area (Å²) in [6, 6.07) is 6.26. The second-order valence-electron chi connectivity index (χ2n) is 9.51. The maximum atomic E-state index is 13.1. The van der Waals surface area contributed by atoms with Gasteiger partial charge in [0.05, 0.1) is 17.6 Å². The van der Waals surface area contributed by atoms with Crippen molar-refractivity contribution in [2.45, 2.75) is 71.0 Å². The number of amides is 1. The average molecular weight is 507 g/mol. The highest BCUT2D eigenvalue weighted by molar-refractivity contribution is 5.95. The third-order valence-electron chi connectivity index (χ3n) is 5.75. The molecular weight excluding hydrogens is 477 g/mol. The minimum absolute atomic E-state index is 0.0257. The number of aromatic amines is 1. The van der Waals surface area contributed by atoms with Crippen LogP contribution in [0.3, 0.4) is 0 Å². The van der Waals surface area contributed by atoms with Gasteiger partial charge in [0.1, 0.15) is 11.7 Å². The van der Waals surface area contributed by atoms with Crippen LogP contribution in [0.25, 0.3) is 5.69 Å². The number of carbonyl (C=O) groups excluding carboxylic acids is 1. The van der Waals surface area contributed by atoms with Crippen molar-refractivity contribution in [1.82, 2.24) is 30.5 Å². The van der Waals surface area contributed by atoms with Crippen LogP contribution in [0.2, 0.25) is 0 Å². The van der Waals surface area contributed by atoms with Crippen LogP contribution in [0.4, 0.5) is 13.2 Å². The maximum absolute atomic E-state index is 13.1. The molecule has 1 atom stereocenters. The van der Waals surface area contributed by atoms with Crippen LogP contribution in [-0.4, -0.2) is 48.2 Å². The van der Waals surface area contributed by atoms with Gasteiger partial charge in [-0.2, -0.15) is 18.3 Å². The van der Waals surface area contributed by atoms with E-state index in [1.54, 1.807) is 4.68 Å². The van der Waals surface area contributed by atoms with Gasteiger partial charge in [-0.05, 0) is 42.4 Å². The molecule has 0 aliphatic carbocycles. The summed E-state index contributed by atoms with van der Waals surface area (Å²) in [5.41, 5.74) is 1.05. The molecule has 3 aromatic rings. The minimum atomic E-state index is -4.65. The third kappa shape index (κ3) is 6.10. The molecule has 194 valence electrons. The van der Waals surface area contributed by atoms with Crippen LogP contribution >= 0.6 is 0 Å². The average Bonchev–Trinajstić information content (AvgIpc) is 3.43. The van der Waals surface area contributed by atoms with Gasteiger partial charge in [0, 0.05) is 5.56 Å². The molecule has 0 aliphatic heterocycles. The number of carbonyl (C=O) groups is 2. The number of hydrogen-bond acceptors (Lipinski definition) is 5. The number of nitrogens with one attached hydrogen (secondary N) is 2. The van der Waals surface area contributed by atoms with Gasteiger partial charge in [0.2, 0.25) is 0 Å². The number of aryl methyl sites for hydroxylation is 1. The lowest BCUT2D eigenvalue weighted by Gasteiger charge is -2.19. The van der Waals surface area contributed by atoms with Crippen molar-refractivity contribution < 1.29 is 27.9 Å². The van der Waals surface area contributed by atoms with Crippen molar-refractivity contribution in [3.05, 3.63) is 58.7 Å². The lowest BCUT2D eigenvalue weighted by Crippen LogP contribution is -2.41. The summed E-state index contributed by atoms with van der Waals surface area (Å²) in [5.74, 6) is -2.13. The lowest BCUT2D eigenvalue weighted by molar-refractivity contribution is -0.141. The highest BCUT2D eigenvalue weighted by Crippen LogP contribution is 2.30. The van der Waals surface area contributed by atoms with Gasteiger partial charge in [-0.25, -0.2) is 9.48 Å². The first-order chi connectivity index (χ1) is 16.8. The Balaban J connectivity index is 1.80. The molecule has 0 fully saturated rings. The van der Waals surface area contributed by atoms with Crippen molar-refractivity contribution in [3.63, 3.8) is 0 Å². The van der Waals surface area contributed by atoms with Crippen LogP contribution in [0.15, 0.2) is 30.5 Å². The van der Waals surface area contributed by atoms with Gasteiger partial charge in [0.25, 0.3) is 5.91 Å². The Morgan fingerprint density at radius 2 is 1.81 bits per heavy atom. The SMILES string of the molecule is CCCc1c(C(=O)NC(CCc2cn[nH]c2C(F)(F)F)C(=O)O)nnn1-c1ccc(C(C)(C)C)cc1. The molecule has 0 saturated heterocycles. The molecule has 0 bridgehead atoms. The number of nitrogens with zero attached hydrogens (tertiary/aromatic N) is 4. The highest BCUT2D eigenvalue weighted by atomic mass is 19.4. The molecule has 3 N–H and O–H groups in total. The highest BCUT2D eigenvalue weighted by Gasteiger charge is 2.36. The van der Waals surface area contributed by atoms with Crippen LogP contribution in [0.5, 0.6) is 0 Å². The van der Waals surface area contributed by atoms with Gasteiger partial charge in [-0.15, -0.1) is 5.10 Å². The molecule has 0 saturated carbocycles. The summed E-state index contributed by atoms with van der Waals surface area (Å²) in [7, 11) is 0. The predicted octanol–water partition coefficient (Wildman–Crippen LogP) is 4.08. The molecular formula is C24H29F3N6O3. The van der Waals surface area contributed by atoms with Gasteiger partial charge < -0.3 is 10.4 Å². The Hall–Kier alpha value is -3.70. The number of carboxylic acid groups (broad SMARTS) is 1. The number of halogens is 3. The van der Waals surface area contributed by atoms with E-state index in [1.165, 1.54) is 0 Å². The number of carboxylic acids is 1. The van der Waals surface area contributed by atoms with Crippen LogP contribution in [0, 0.1) is 0 Å². The fraction of sp³-hybridized carbons (Fsp3) is 0.458. The summed E-state index contributed by atoms with van der Waals surface area (Å²) in [4.78, 5) is 24.7. The first-order valence-corrected chi connectivity index (χ1v) is 11.5. The van der Waals surface area contributed by atoms with E-state index in [9.17, 15) is 27.9 Å². The molecule has 0 spiro atoms. The van der Waals surface area contributed by atoms with E-state index >= 15 is 0 Å². The summed E-state index contributed by atoms with van der Waals surface area (Å²) in [5, 5.41) is 25.4. The Bertz CT molecular complexity index is 1210. The van der Waals surface area contributed by atoms with E-state index in [4.69, 9.17) is 0 Å². The standard InChI is InChI=1S/C24H29F3N6O3/c1-5-6-18-19(30-32-33(18)16-10-8-15(9-11-16)23(2,3)4)21(34)29-17(22(35)36)12-7-14-13-28-31-20(14)24(25,26)27/h8-11,13,17H,5-7,12H2,1-4H3,(H,28,31)(H,29,34)(H,35,36). The zero-order valence-electron chi connectivity index (χ0n) is 20.5. The lowest BCUT2D eigenvalue weighted by atomic mass is 9.87. The Morgan fingerprint density at radius 3 is 2.36 bits per heavy atom. The minimum Gasteiger partial charge on any atom is -0.480 e. The predicted molar refractivity (Wildman–Crippen MR) is 125 cm³/mol. The summed E-state index contributed by atoms with van der Waals surface area (Å²) < 4.78 is 40.7. The van der Waals surface area contributed by atoms with Crippen molar-refractivity contribution in [1.29, 1.82) is 0 Å². The number of aliphatic carboxylic acids is 1. The molecule has 0 aliphatic rings. The Morgan fingerprint density at radius 1 is 1.14 bits per heavy atom. The monoisotopic (exact) mass is 506 g/mol. The molecule has 2 heterocycles. The number of aromatic nitrogens is 5. The fourth-order valence-electron chi connectivity index (χ4n) is 3.78.